The van der Waals surface area contributed by atoms with Crippen molar-refractivity contribution in [2.75, 3.05) is 0 Å². The first-order valence-electron chi connectivity index (χ1n) is 18.3. The smallest absolute Gasteiger partial charge is 0.247 e. The van der Waals surface area contributed by atoms with Gasteiger partial charge in [0.1, 0.15) is 12.4 Å². The van der Waals surface area contributed by atoms with Crippen molar-refractivity contribution in [3.05, 3.63) is 18.2 Å². The molecule has 1 aromatic heterocycles. The van der Waals surface area contributed by atoms with Crippen molar-refractivity contribution in [2.45, 2.75) is 219 Å². The van der Waals surface area contributed by atoms with Crippen molar-refractivity contribution >= 4 is 0 Å². The molecule has 2 heteroatoms. The zero-order valence-corrected chi connectivity index (χ0v) is 27.6. The first kappa shape index (κ1) is 36.2. The molecule has 0 aliphatic rings. The third-order valence-electron chi connectivity index (χ3n) is 9.00. The first-order chi connectivity index (χ1) is 19.2. The number of imidazole rings is 1. The summed E-state index contributed by atoms with van der Waals surface area (Å²) in [6, 6.07) is 0.548. The summed E-state index contributed by atoms with van der Waals surface area (Å²) < 4.78 is 2.49. The summed E-state index contributed by atoms with van der Waals surface area (Å²) in [7, 11) is 0. The second kappa shape index (κ2) is 27.4. The monoisotopic (exact) mass is 546 g/mol. The van der Waals surface area contributed by atoms with E-state index in [0.717, 1.165) is 0 Å². The molecule has 0 aromatic carbocycles. The maximum atomic E-state index is 3.64. The van der Waals surface area contributed by atoms with Crippen LogP contribution in [0.15, 0.2) is 12.4 Å². The number of nitrogens with one attached hydrogen (secondary N) is 1. The Balaban J connectivity index is 2.12. The van der Waals surface area contributed by atoms with Crippen LogP contribution in [0.3, 0.4) is 0 Å². The van der Waals surface area contributed by atoms with E-state index in [0.29, 0.717) is 12.0 Å². The van der Waals surface area contributed by atoms with Gasteiger partial charge in [0, 0.05) is 0 Å². The predicted octanol–water partition coefficient (Wildman–Crippen LogP) is 12.9. The lowest BCUT2D eigenvalue weighted by Crippen LogP contribution is -2.39. The van der Waals surface area contributed by atoms with Crippen LogP contribution in [-0.2, 0) is 0 Å². The van der Waals surface area contributed by atoms with Gasteiger partial charge in [0.2, 0.25) is 0 Å². The maximum Gasteiger partial charge on any atom is 0.257 e. The molecule has 1 heterocycles. The van der Waals surface area contributed by atoms with Crippen LogP contribution >= 0.6 is 0 Å². The van der Waals surface area contributed by atoms with Crippen LogP contribution in [-0.4, -0.2) is 4.98 Å². The summed E-state index contributed by atoms with van der Waals surface area (Å²) in [4.78, 5) is 3.64. The van der Waals surface area contributed by atoms with Gasteiger partial charge in [-0.2, -0.15) is 0 Å². The van der Waals surface area contributed by atoms with E-state index in [4.69, 9.17) is 0 Å². The fourth-order valence-corrected chi connectivity index (χ4v) is 6.37. The Bertz CT molecular complexity index is 604. The molecular weight excluding hydrogens is 472 g/mol. The van der Waals surface area contributed by atoms with Crippen LogP contribution in [0.25, 0.3) is 0 Å². The van der Waals surface area contributed by atoms with Gasteiger partial charge in [0.05, 0.1) is 12.0 Å². The van der Waals surface area contributed by atoms with E-state index >= 15 is 0 Å². The highest BCUT2D eigenvalue weighted by Crippen LogP contribution is 2.27. The number of aromatic nitrogens is 2. The summed E-state index contributed by atoms with van der Waals surface area (Å²) in [6.07, 6.45) is 44.7. The molecule has 0 amide bonds. The van der Waals surface area contributed by atoms with Gasteiger partial charge in [-0.3, -0.25) is 0 Å². The second-order valence-electron chi connectivity index (χ2n) is 13.1. The largest absolute Gasteiger partial charge is 0.257 e. The number of rotatable bonds is 30. The molecule has 39 heavy (non-hydrogen) atoms. The molecule has 0 fully saturated rings. The molecule has 0 aliphatic heterocycles. The third-order valence-corrected chi connectivity index (χ3v) is 9.00. The predicted molar refractivity (Wildman–Crippen MR) is 175 cm³/mol. The molecule has 1 N–H and O–H groups in total. The molecule has 230 valence electrons. The van der Waals surface area contributed by atoms with Gasteiger partial charge < -0.3 is 0 Å². The Hall–Kier alpha value is -0.790. The fraction of sp³-hybridized carbons (Fsp3) is 0.919. The van der Waals surface area contributed by atoms with Gasteiger partial charge in [0.25, 0.3) is 5.82 Å². The number of H-pyrrole nitrogens is 1. The average Bonchev–Trinajstić information content (AvgIpc) is 3.43. The SMILES string of the molecule is CCCCCCCCCCCCCCCCCC[C@H](CCCCCCCCCCCC)c1[nH]cc[n+]1C(C)C. The Labute approximate surface area is 246 Å². The van der Waals surface area contributed by atoms with Crippen molar-refractivity contribution in [1.82, 2.24) is 4.98 Å². The highest BCUT2D eigenvalue weighted by atomic mass is 15.1. The van der Waals surface area contributed by atoms with Gasteiger partial charge in [-0.15, -0.1) is 0 Å². The van der Waals surface area contributed by atoms with Crippen LogP contribution in [0.5, 0.6) is 0 Å². The van der Waals surface area contributed by atoms with Gasteiger partial charge in [-0.05, 0) is 26.7 Å². The highest BCUT2D eigenvalue weighted by molar-refractivity contribution is 4.90. The summed E-state index contributed by atoms with van der Waals surface area (Å²) in [5, 5.41) is 0. The van der Waals surface area contributed by atoms with Crippen molar-refractivity contribution < 1.29 is 4.57 Å². The Morgan fingerprint density at radius 2 is 0.795 bits per heavy atom. The van der Waals surface area contributed by atoms with E-state index in [1.54, 1.807) is 0 Å². The summed E-state index contributed by atoms with van der Waals surface area (Å²) in [5.74, 6) is 2.20. The average molecular weight is 546 g/mol. The van der Waals surface area contributed by atoms with Crippen LogP contribution < -0.4 is 4.57 Å². The van der Waals surface area contributed by atoms with Gasteiger partial charge in [-0.25, -0.2) is 9.55 Å². The van der Waals surface area contributed by atoms with Crippen molar-refractivity contribution in [3.8, 4) is 0 Å². The summed E-state index contributed by atoms with van der Waals surface area (Å²) in [5.41, 5.74) is 0. The quantitative estimate of drug-likeness (QED) is 0.0732. The molecule has 1 aromatic rings. The summed E-state index contributed by atoms with van der Waals surface area (Å²) >= 11 is 0. The normalized spacial score (nSPS) is 12.5. The van der Waals surface area contributed by atoms with Crippen LogP contribution in [0, 0.1) is 0 Å². The first-order valence-corrected chi connectivity index (χ1v) is 18.3. The Kier molecular flexibility index (Phi) is 25.4. The zero-order chi connectivity index (χ0) is 28.2. The topological polar surface area (TPSA) is 19.7 Å². The standard InChI is InChI=1S/C37H72N2/c1-5-7-9-11-13-15-17-18-19-20-21-22-24-26-28-30-32-36(37-38-33-34-39(37)35(3)4)31-29-27-25-23-16-14-12-10-8-6-2/h33-36H,5-32H2,1-4H3/p+1/t36-/m0/s1. The van der Waals surface area contributed by atoms with Crippen LogP contribution in [0.1, 0.15) is 225 Å². The fourth-order valence-electron chi connectivity index (χ4n) is 6.37. The number of aromatic amines is 1. The van der Waals surface area contributed by atoms with E-state index in [1.807, 2.05) is 0 Å². The van der Waals surface area contributed by atoms with Gasteiger partial charge in [0.15, 0.2) is 0 Å². The highest BCUT2D eigenvalue weighted by Gasteiger charge is 2.23. The van der Waals surface area contributed by atoms with Gasteiger partial charge in [-0.1, -0.05) is 181 Å². The van der Waals surface area contributed by atoms with Crippen molar-refractivity contribution in [1.29, 1.82) is 0 Å². The molecule has 0 unspecified atom stereocenters. The molecular formula is C37H73N2+. The van der Waals surface area contributed by atoms with E-state index in [2.05, 4.69) is 49.6 Å². The lowest BCUT2D eigenvalue weighted by molar-refractivity contribution is -0.723. The van der Waals surface area contributed by atoms with Gasteiger partial charge >= 0.3 is 0 Å². The molecule has 2 nitrogen and oxygen atoms in total. The minimum Gasteiger partial charge on any atom is -0.247 e. The van der Waals surface area contributed by atoms with Crippen LogP contribution in [0.4, 0.5) is 0 Å². The lowest BCUT2D eigenvalue weighted by atomic mass is 9.93. The summed E-state index contributed by atoms with van der Waals surface area (Å²) in [6.45, 7) is 9.26. The number of unbranched alkanes of at least 4 members (excludes halogenated alkanes) is 24. The van der Waals surface area contributed by atoms with E-state index < -0.39 is 0 Å². The minimum absolute atomic E-state index is 0.548. The molecule has 0 bridgehead atoms. The molecule has 0 radical (unpaired) electrons. The molecule has 0 saturated carbocycles. The number of hydrogen-bond acceptors (Lipinski definition) is 0. The molecule has 0 spiro atoms. The molecule has 1 rings (SSSR count). The van der Waals surface area contributed by atoms with Crippen molar-refractivity contribution in [3.63, 3.8) is 0 Å². The van der Waals surface area contributed by atoms with E-state index in [1.165, 1.54) is 186 Å². The zero-order valence-electron chi connectivity index (χ0n) is 27.6. The molecule has 0 saturated heterocycles. The Morgan fingerprint density at radius 1 is 0.487 bits per heavy atom. The van der Waals surface area contributed by atoms with Crippen LogP contribution in [0.2, 0.25) is 0 Å². The minimum atomic E-state index is 0.548. The number of nitrogens with zero attached hydrogens (tertiary/aromatic N) is 1. The third kappa shape index (κ3) is 20.7. The van der Waals surface area contributed by atoms with Crippen molar-refractivity contribution in [2.24, 2.45) is 0 Å². The Morgan fingerprint density at radius 3 is 1.10 bits per heavy atom. The van der Waals surface area contributed by atoms with E-state index in [-0.39, 0.29) is 0 Å². The molecule has 1 atom stereocenters. The van der Waals surface area contributed by atoms with E-state index in [9.17, 15) is 0 Å². The molecule has 0 aliphatic carbocycles. The maximum absolute atomic E-state index is 3.64. The second-order valence-corrected chi connectivity index (χ2v) is 13.1. The lowest BCUT2D eigenvalue weighted by Gasteiger charge is -2.15. The number of hydrogen-bond donors (Lipinski definition) is 1.